The number of aromatic nitrogens is 6. The summed E-state index contributed by atoms with van der Waals surface area (Å²) >= 11 is 0. The van der Waals surface area contributed by atoms with Crippen molar-refractivity contribution in [2.45, 2.75) is 51.4 Å². The lowest BCUT2D eigenvalue weighted by Gasteiger charge is -2.20. The molecule has 1 aromatic carbocycles. The average Bonchev–Trinajstić information content (AvgIpc) is 3.67. The fraction of sp³-hybridized carbons (Fsp3) is 0.370. The fourth-order valence-electron chi connectivity index (χ4n) is 4.24. The molecule has 204 valence electrons. The zero-order chi connectivity index (χ0) is 30.4. The second-order valence-electron chi connectivity index (χ2n) is 9.51. The Morgan fingerprint density at radius 1 is 1.13 bits per heavy atom. The summed E-state index contributed by atoms with van der Waals surface area (Å²) in [5, 5.41) is 0. The van der Waals surface area contributed by atoms with Crippen LogP contribution in [0.25, 0.3) is 22.8 Å². The van der Waals surface area contributed by atoms with Gasteiger partial charge in [-0.2, -0.15) is 13.2 Å². The molecule has 8 nitrogen and oxygen atoms in total. The molecule has 1 saturated carbocycles. The highest BCUT2D eigenvalue weighted by atomic mass is 19.4. The maximum Gasteiger partial charge on any atom is 0.434 e. The van der Waals surface area contributed by atoms with Crippen molar-refractivity contribution >= 4 is 5.82 Å². The molecule has 0 bridgehead atoms. The number of halogens is 4. The largest absolute Gasteiger partial charge is 0.480 e. The van der Waals surface area contributed by atoms with Crippen molar-refractivity contribution in [1.29, 1.82) is 0 Å². The summed E-state index contributed by atoms with van der Waals surface area (Å²) < 4.78 is 86.3. The molecule has 0 radical (unpaired) electrons. The molecule has 0 unspecified atom stereocenters. The molecule has 3 aromatic heterocycles. The standard InChI is InChI=1S/C27H27F4N7O/c1-15(2)38-13-20(27(29,30)31)35-24(38)18-7-5-16(6-8-18)12-37(3)25-19(28)11-32-23(36-25)21-22(17-9-10-17)33-14-34-26(21)39-4/h5-8,11,13-15,17H,9-10,12H2,1-4H3/i3D3. The number of anilines is 1. The monoisotopic (exact) mass is 544 g/mol. The van der Waals surface area contributed by atoms with E-state index in [1.54, 1.807) is 38.1 Å². The first-order valence-corrected chi connectivity index (χ1v) is 12.2. The lowest BCUT2D eigenvalue weighted by atomic mass is 10.1. The van der Waals surface area contributed by atoms with E-state index in [2.05, 4.69) is 24.9 Å². The highest BCUT2D eigenvalue weighted by Gasteiger charge is 2.35. The minimum absolute atomic E-state index is 0.0244. The Morgan fingerprint density at radius 2 is 1.87 bits per heavy atom. The Kier molecular flexibility index (Phi) is 6.00. The molecule has 0 saturated heterocycles. The van der Waals surface area contributed by atoms with E-state index in [-0.39, 0.29) is 36.0 Å². The van der Waals surface area contributed by atoms with Crippen molar-refractivity contribution in [2.24, 2.45) is 0 Å². The van der Waals surface area contributed by atoms with Crippen LogP contribution in [0.2, 0.25) is 0 Å². The SMILES string of the molecule is [2H]C([2H])([2H])N(Cc1ccc(-c2nc(C(F)(F)F)cn2C(C)C)cc1)c1nc(-c2c(OC)ncnc2C2CC2)ncc1F. The molecule has 1 aliphatic carbocycles. The van der Waals surface area contributed by atoms with Crippen LogP contribution in [0.5, 0.6) is 5.88 Å². The van der Waals surface area contributed by atoms with Crippen LogP contribution in [0, 0.1) is 5.82 Å². The normalized spacial score (nSPS) is 15.1. The van der Waals surface area contributed by atoms with Crippen molar-refractivity contribution in [2.75, 3.05) is 19.0 Å². The Hall–Kier alpha value is -4.09. The van der Waals surface area contributed by atoms with Crippen LogP contribution in [0.4, 0.5) is 23.4 Å². The molecular formula is C27H27F4N7O. The number of methoxy groups -OCH3 is 1. The quantitative estimate of drug-likeness (QED) is 0.250. The van der Waals surface area contributed by atoms with E-state index in [4.69, 9.17) is 8.85 Å². The summed E-state index contributed by atoms with van der Waals surface area (Å²) in [5.74, 6) is -0.931. The highest BCUT2D eigenvalue weighted by molar-refractivity contribution is 5.67. The van der Waals surface area contributed by atoms with Crippen molar-refractivity contribution in [3.8, 4) is 28.7 Å². The lowest BCUT2D eigenvalue weighted by Crippen LogP contribution is -2.20. The van der Waals surface area contributed by atoms with Crippen LogP contribution in [0.1, 0.15) is 59.7 Å². The minimum Gasteiger partial charge on any atom is -0.480 e. The number of ether oxygens (including phenoxy) is 1. The van der Waals surface area contributed by atoms with E-state index < -0.39 is 30.5 Å². The molecule has 1 fully saturated rings. The number of hydrogen-bond donors (Lipinski definition) is 0. The van der Waals surface area contributed by atoms with Gasteiger partial charge in [-0.3, -0.25) is 0 Å². The van der Waals surface area contributed by atoms with Gasteiger partial charge in [-0.25, -0.2) is 29.3 Å². The number of rotatable bonds is 8. The number of alkyl halides is 3. The van der Waals surface area contributed by atoms with E-state index in [9.17, 15) is 13.2 Å². The molecule has 12 heteroatoms. The van der Waals surface area contributed by atoms with Gasteiger partial charge in [0.1, 0.15) is 17.7 Å². The first-order valence-electron chi connectivity index (χ1n) is 13.7. The van der Waals surface area contributed by atoms with Crippen molar-refractivity contribution < 1.29 is 26.4 Å². The predicted octanol–water partition coefficient (Wildman–Crippen LogP) is 6.06. The molecule has 5 rings (SSSR count). The van der Waals surface area contributed by atoms with Crippen molar-refractivity contribution in [1.82, 2.24) is 29.5 Å². The maximum absolute atomic E-state index is 15.1. The Labute approximate surface area is 227 Å². The molecule has 0 aliphatic heterocycles. The Morgan fingerprint density at radius 3 is 2.49 bits per heavy atom. The van der Waals surface area contributed by atoms with Crippen LogP contribution in [0.15, 0.2) is 43.0 Å². The topological polar surface area (TPSA) is 81.9 Å². The van der Waals surface area contributed by atoms with Crippen molar-refractivity contribution in [3.63, 3.8) is 0 Å². The Balaban J connectivity index is 1.50. The summed E-state index contributed by atoms with van der Waals surface area (Å²) in [5.41, 5.74) is 0.862. The van der Waals surface area contributed by atoms with Crippen LogP contribution >= 0.6 is 0 Å². The molecule has 4 aromatic rings. The second-order valence-corrected chi connectivity index (χ2v) is 9.51. The zero-order valence-electron chi connectivity index (χ0n) is 24.4. The summed E-state index contributed by atoms with van der Waals surface area (Å²) in [4.78, 5) is 21.5. The van der Waals surface area contributed by atoms with Crippen LogP contribution < -0.4 is 9.64 Å². The number of nitrogens with zero attached hydrogens (tertiary/aromatic N) is 7. The van der Waals surface area contributed by atoms with Crippen LogP contribution in [-0.4, -0.2) is 43.6 Å². The predicted molar refractivity (Wildman–Crippen MR) is 137 cm³/mol. The van der Waals surface area contributed by atoms with E-state index in [0.29, 0.717) is 22.4 Å². The van der Waals surface area contributed by atoms with Gasteiger partial charge < -0.3 is 14.2 Å². The molecule has 0 atom stereocenters. The van der Waals surface area contributed by atoms with Crippen LogP contribution in [-0.2, 0) is 12.7 Å². The van der Waals surface area contributed by atoms with E-state index in [1.165, 1.54) is 18.0 Å². The second kappa shape index (κ2) is 10.2. The number of hydrogen-bond acceptors (Lipinski definition) is 7. The minimum atomic E-state index is -4.61. The van der Waals surface area contributed by atoms with Gasteiger partial charge in [0.05, 0.1) is 19.0 Å². The zero-order valence-corrected chi connectivity index (χ0v) is 21.4. The fourth-order valence-corrected chi connectivity index (χ4v) is 4.24. The summed E-state index contributed by atoms with van der Waals surface area (Å²) in [7, 11) is 1.42. The molecule has 0 N–H and O–H groups in total. The smallest absolute Gasteiger partial charge is 0.434 e. The van der Waals surface area contributed by atoms with Crippen molar-refractivity contribution in [3.05, 3.63) is 65.8 Å². The maximum atomic E-state index is 15.1. The molecular weight excluding hydrogens is 514 g/mol. The number of imidazole rings is 1. The van der Waals surface area contributed by atoms with E-state index >= 15 is 4.39 Å². The lowest BCUT2D eigenvalue weighted by molar-refractivity contribution is -0.140. The first-order chi connectivity index (χ1) is 19.8. The third-order valence-corrected chi connectivity index (χ3v) is 6.34. The van der Waals surface area contributed by atoms with E-state index in [0.717, 1.165) is 30.1 Å². The first kappa shape index (κ1) is 22.9. The van der Waals surface area contributed by atoms with Gasteiger partial charge in [-0.15, -0.1) is 0 Å². The van der Waals surface area contributed by atoms with Gasteiger partial charge in [0, 0.05) is 41.4 Å². The summed E-state index contributed by atoms with van der Waals surface area (Å²) in [6.45, 7) is 0.387. The molecule has 3 heterocycles. The summed E-state index contributed by atoms with van der Waals surface area (Å²) in [6, 6.07) is 5.91. The average molecular weight is 545 g/mol. The van der Waals surface area contributed by atoms with Gasteiger partial charge in [0.25, 0.3) is 0 Å². The molecule has 0 spiro atoms. The Bertz CT molecular complexity index is 1590. The molecule has 39 heavy (non-hydrogen) atoms. The molecule has 0 amide bonds. The van der Waals surface area contributed by atoms with Gasteiger partial charge in [0.2, 0.25) is 5.88 Å². The highest BCUT2D eigenvalue weighted by Crippen LogP contribution is 2.45. The van der Waals surface area contributed by atoms with Gasteiger partial charge >= 0.3 is 6.18 Å². The summed E-state index contributed by atoms with van der Waals surface area (Å²) in [6.07, 6.45) is 0.399. The third kappa shape index (κ3) is 5.41. The van der Waals surface area contributed by atoms with Gasteiger partial charge in [-0.1, -0.05) is 24.3 Å². The van der Waals surface area contributed by atoms with E-state index in [1.807, 2.05) is 0 Å². The van der Waals surface area contributed by atoms with Gasteiger partial charge in [-0.05, 0) is 32.3 Å². The molecule has 1 aliphatic rings. The van der Waals surface area contributed by atoms with Gasteiger partial charge in [0.15, 0.2) is 23.2 Å². The third-order valence-electron chi connectivity index (χ3n) is 6.34. The number of benzene rings is 1. The van der Waals surface area contributed by atoms with Crippen LogP contribution in [0.3, 0.4) is 0 Å².